The van der Waals surface area contributed by atoms with Crippen LogP contribution in [0, 0.1) is 11.7 Å². The molecule has 7 heteroatoms. The van der Waals surface area contributed by atoms with Crippen LogP contribution < -0.4 is 15.8 Å². The van der Waals surface area contributed by atoms with Crippen molar-refractivity contribution in [3.63, 3.8) is 0 Å². The molecule has 3 fully saturated rings. The fraction of sp³-hybridized carbons (Fsp3) is 0.682. The molecule has 3 heterocycles. The zero-order valence-corrected chi connectivity index (χ0v) is 17.6. The number of carbonyl (C=O) groups is 1. The number of halogens is 1. The van der Waals surface area contributed by atoms with Crippen molar-refractivity contribution in [1.82, 2.24) is 20.7 Å². The van der Waals surface area contributed by atoms with Crippen molar-refractivity contribution in [2.24, 2.45) is 5.92 Å². The molecule has 2 N–H and O–H groups in total. The van der Waals surface area contributed by atoms with Crippen molar-refractivity contribution in [3.05, 3.63) is 30.1 Å². The monoisotopic (exact) mass is 403 g/mol. The summed E-state index contributed by atoms with van der Waals surface area (Å²) in [7, 11) is 0. The Morgan fingerprint density at radius 1 is 1.10 bits per heavy atom. The predicted octanol–water partition coefficient (Wildman–Crippen LogP) is 1.83. The van der Waals surface area contributed by atoms with Crippen LogP contribution in [0.4, 0.5) is 10.1 Å². The van der Waals surface area contributed by atoms with Gasteiger partial charge in [0.1, 0.15) is 11.9 Å². The molecule has 1 aromatic rings. The molecule has 0 radical (unpaired) electrons. The number of anilines is 1. The maximum atomic E-state index is 13.2. The molecule has 0 bridgehead atoms. The topological polar surface area (TPSA) is 50.9 Å². The number of hydrogen-bond donors (Lipinski definition) is 2. The van der Waals surface area contributed by atoms with E-state index in [1.54, 1.807) is 0 Å². The van der Waals surface area contributed by atoms with E-state index in [0.29, 0.717) is 18.0 Å². The van der Waals surface area contributed by atoms with Crippen LogP contribution in [0.5, 0.6) is 0 Å². The maximum absolute atomic E-state index is 13.2. The normalized spacial score (nSPS) is 31.3. The molecule has 4 atom stereocenters. The first-order valence-electron chi connectivity index (χ1n) is 11.1. The minimum absolute atomic E-state index is 0.117. The number of hydrazine groups is 1. The van der Waals surface area contributed by atoms with Gasteiger partial charge in [-0.25, -0.2) is 9.82 Å². The Labute approximate surface area is 173 Å². The number of carbonyl (C=O) groups excluding carboxylic acids is 1. The second-order valence-electron chi connectivity index (χ2n) is 8.72. The molecular weight excluding hydrogens is 369 g/mol. The fourth-order valence-electron chi connectivity index (χ4n) is 5.10. The zero-order valence-electron chi connectivity index (χ0n) is 17.6. The number of likely N-dealkylation sites (tertiary alicyclic amines) is 1. The van der Waals surface area contributed by atoms with Crippen molar-refractivity contribution < 1.29 is 9.18 Å². The van der Waals surface area contributed by atoms with Gasteiger partial charge in [0.15, 0.2) is 0 Å². The van der Waals surface area contributed by atoms with E-state index in [4.69, 9.17) is 0 Å². The van der Waals surface area contributed by atoms with Gasteiger partial charge in [0, 0.05) is 57.0 Å². The first-order valence-corrected chi connectivity index (χ1v) is 11.1. The summed E-state index contributed by atoms with van der Waals surface area (Å²) >= 11 is 0. The highest BCUT2D eigenvalue weighted by Crippen LogP contribution is 2.24. The number of hydrogen-bond acceptors (Lipinski definition) is 5. The van der Waals surface area contributed by atoms with E-state index in [-0.39, 0.29) is 17.8 Å². The third kappa shape index (κ3) is 4.42. The lowest BCUT2D eigenvalue weighted by Gasteiger charge is -2.44. The average Bonchev–Trinajstić information content (AvgIpc) is 3.14. The van der Waals surface area contributed by atoms with Crippen LogP contribution in [0.1, 0.15) is 33.1 Å². The van der Waals surface area contributed by atoms with E-state index in [2.05, 4.69) is 39.4 Å². The Morgan fingerprint density at radius 3 is 2.48 bits per heavy atom. The number of amides is 1. The molecule has 6 nitrogen and oxygen atoms in total. The fourth-order valence-corrected chi connectivity index (χ4v) is 5.10. The van der Waals surface area contributed by atoms with Crippen LogP contribution in [0.25, 0.3) is 0 Å². The smallest absolute Gasteiger partial charge is 0.241 e. The number of nitrogens with zero attached hydrogens (tertiary/aromatic N) is 3. The summed E-state index contributed by atoms with van der Waals surface area (Å²) in [5.41, 5.74) is 7.61. The number of benzene rings is 1. The van der Waals surface area contributed by atoms with Gasteiger partial charge in [0.2, 0.25) is 5.91 Å². The largest absolute Gasteiger partial charge is 0.369 e. The Hall–Kier alpha value is -1.70. The molecule has 0 aromatic heterocycles. The third-order valence-electron chi connectivity index (χ3n) is 7.02. The Morgan fingerprint density at radius 2 is 1.83 bits per heavy atom. The number of rotatable bonds is 4. The van der Waals surface area contributed by atoms with Crippen molar-refractivity contribution >= 4 is 11.6 Å². The van der Waals surface area contributed by atoms with Crippen molar-refractivity contribution in [3.8, 4) is 0 Å². The van der Waals surface area contributed by atoms with Crippen LogP contribution in [-0.2, 0) is 4.79 Å². The van der Waals surface area contributed by atoms with E-state index in [0.717, 1.165) is 64.2 Å². The molecule has 3 aliphatic rings. The van der Waals surface area contributed by atoms with Gasteiger partial charge >= 0.3 is 0 Å². The quantitative estimate of drug-likeness (QED) is 0.803. The van der Waals surface area contributed by atoms with E-state index >= 15 is 0 Å². The van der Waals surface area contributed by atoms with Gasteiger partial charge < -0.3 is 9.80 Å². The lowest BCUT2D eigenvalue weighted by molar-refractivity contribution is -0.136. The van der Waals surface area contributed by atoms with Crippen molar-refractivity contribution in [2.45, 2.75) is 51.2 Å². The molecule has 4 unspecified atom stereocenters. The molecule has 160 valence electrons. The summed E-state index contributed by atoms with van der Waals surface area (Å²) in [6, 6.07) is 7.47. The van der Waals surface area contributed by atoms with Crippen LogP contribution >= 0.6 is 0 Å². The van der Waals surface area contributed by atoms with Crippen LogP contribution in [0.3, 0.4) is 0 Å². The van der Waals surface area contributed by atoms with Gasteiger partial charge in [-0.2, -0.15) is 0 Å². The van der Waals surface area contributed by atoms with E-state index < -0.39 is 0 Å². The maximum Gasteiger partial charge on any atom is 0.241 e. The van der Waals surface area contributed by atoms with Crippen molar-refractivity contribution in [1.29, 1.82) is 0 Å². The van der Waals surface area contributed by atoms with Crippen LogP contribution in [-0.4, -0.2) is 73.1 Å². The minimum atomic E-state index is -0.189. The Bertz CT molecular complexity index is 691. The minimum Gasteiger partial charge on any atom is -0.369 e. The molecule has 0 spiro atoms. The Balaban J connectivity index is 1.31. The molecule has 1 amide bonds. The molecule has 0 aliphatic carbocycles. The lowest BCUT2D eigenvalue weighted by Crippen LogP contribution is -2.58. The molecule has 3 saturated heterocycles. The highest BCUT2D eigenvalue weighted by Gasteiger charge is 2.40. The Kier molecular flexibility index (Phi) is 6.37. The molecule has 3 aliphatic heterocycles. The summed E-state index contributed by atoms with van der Waals surface area (Å²) in [5.74, 6) is 0.369. The lowest BCUT2D eigenvalue weighted by atomic mass is 9.93. The first kappa shape index (κ1) is 20.6. The van der Waals surface area contributed by atoms with E-state index in [1.807, 2.05) is 12.1 Å². The number of piperidine rings is 1. The molecule has 4 rings (SSSR count). The van der Waals surface area contributed by atoms with Crippen LogP contribution in [0.2, 0.25) is 0 Å². The number of piperazine rings is 1. The van der Waals surface area contributed by atoms with Gasteiger partial charge in [0.05, 0.1) is 0 Å². The molecule has 29 heavy (non-hydrogen) atoms. The standard InChI is InChI=1S/C22H34FN5O/c1-3-20-16(2)21(25-24-20)22(29)28-10-4-5-19(15-28)27-13-11-26(12-14-27)18-8-6-17(23)7-9-18/h6-9,16,19-21,24-25H,3-5,10-15H2,1-2H3. The summed E-state index contributed by atoms with van der Waals surface area (Å²) in [6.45, 7) is 9.89. The second kappa shape index (κ2) is 8.98. The van der Waals surface area contributed by atoms with E-state index in [1.165, 1.54) is 12.1 Å². The van der Waals surface area contributed by atoms with Gasteiger partial charge in [-0.05, 0) is 49.4 Å². The molecule has 1 aromatic carbocycles. The second-order valence-corrected chi connectivity index (χ2v) is 8.72. The molecule has 0 saturated carbocycles. The summed E-state index contributed by atoms with van der Waals surface area (Å²) in [4.78, 5) is 20.1. The van der Waals surface area contributed by atoms with Gasteiger partial charge in [-0.15, -0.1) is 0 Å². The molecular formula is C22H34FN5O. The van der Waals surface area contributed by atoms with Gasteiger partial charge in [-0.3, -0.25) is 15.1 Å². The number of nitrogens with one attached hydrogen (secondary N) is 2. The third-order valence-corrected chi connectivity index (χ3v) is 7.02. The van der Waals surface area contributed by atoms with Gasteiger partial charge in [-0.1, -0.05) is 13.8 Å². The predicted molar refractivity (Wildman–Crippen MR) is 113 cm³/mol. The summed E-state index contributed by atoms with van der Waals surface area (Å²) in [5, 5.41) is 0. The average molecular weight is 404 g/mol. The first-order chi connectivity index (χ1) is 14.1. The van der Waals surface area contributed by atoms with E-state index in [9.17, 15) is 9.18 Å². The summed E-state index contributed by atoms with van der Waals surface area (Å²) < 4.78 is 13.2. The highest BCUT2D eigenvalue weighted by atomic mass is 19.1. The van der Waals surface area contributed by atoms with Crippen molar-refractivity contribution in [2.75, 3.05) is 44.2 Å². The SMILES string of the molecule is CCC1NNC(C(=O)N2CCCC(N3CCN(c4ccc(F)cc4)CC3)C2)C1C. The zero-order chi connectivity index (χ0) is 20.4. The van der Waals surface area contributed by atoms with Gasteiger partial charge in [0.25, 0.3) is 0 Å². The summed E-state index contributed by atoms with van der Waals surface area (Å²) in [6.07, 6.45) is 3.25. The van der Waals surface area contributed by atoms with Crippen LogP contribution in [0.15, 0.2) is 24.3 Å². The highest BCUT2D eigenvalue weighted by molar-refractivity contribution is 5.82.